The normalized spacial score (nSPS) is 16.5. The van der Waals surface area contributed by atoms with Crippen LogP contribution in [0.15, 0.2) is 58.2 Å². The number of H-pyrrole nitrogens is 1. The number of aromatic nitrogens is 1. The highest BCUT2D eigenvalue weighted by Crippen LogP contribution is 2.32. The SMILES string of the molecule is Cc1cccc2c(=O)[nH]c(-c3ccc([SH](=O)(I)N4CCNCC4)cc3)cc12. The second kappa shape index (κ2) is 7.46. The number of aromatic amines is 1. The molecule has 1 saturated heterocycles. The lowest BCUT2D eigenvalue weighted by Gasteiger charge is -2.35. The maximum Gasteiger partial charge on any atom is 0.256 e. The summed E-state index contributed by atoms with van der Waals surface area (Å²) in [6.45, 7) is 5.32. The Morgan fingerprint density at radius 1 is 1.04 bits per heavy atom. The molecule has 1 fully saturated rings. The van der Waals surface area contributed by atoms with Crippen molar-refractivity contribution >= 4 is 39.3 Å². The Balaban J connectivity index is 1.70. The number of piperazine rings is 1. The number of halogens is 1. The van der Waals surface area contributed by atoms with E-state index in [-0.39, 0.29) is 5.56 Å². The first-order valence-electron chi connectivity index (χ1n) is 8.96. The molecule has 1 aliphatic rings. The zero-order valence-corrected chi connectivity index (χ0v) is 18.1. The lowest BCUT2D eigenvalue weighted by Crippen LogP contribution is -2.46. The van der Waals surface area contributed by atoms with Gasteiger partial charge >= 0.3 is 0 Å². The highest BCUT2D eigenvalue weighted by molar-refractivity contribution is 14.2. The number of thiol groups is 1. The summed E-state index contributed by atoms with van der Waals surface area (Å²) in [6, 6.07) is 15.5. The summed E-state index contributed by atoms with van der Waals surface area (Å²) in [5, 5.41) is 4.95. The third-order valence-corrected chi connectivity index (χ3v) is 10.6. The molecule has 0 saturated carbocycles. The van der Waals surface area contributed by atoms with Gasteiger partial charge in [0.1, 0.15) is 0 Å². The molecule has 142 valence electrons. The molecular weight excluding hydrogens is 473 g/mol. The van der Waals surface area contributed by atoms with E-state index in [2.05, 4.69) is 35.8 Å². The fourth-order valence-corrected chi connectivity index (χ4v) is 7.31. The molecule has 1 aliphatic heterocycles. The minimum absolute atomic E-state index is 0.0874. The third-order valence-electron chi connectivity index (χ3n) is 5.06. The van der Waals surface area contributed by atoms with E-state index in [0.29, 0.717) is 5.39 Å². The molecule has 2 N–H and O–H groups in total. The van der Waals surface area contributed by atoms with Crippen molar-refractivity contribution in [3.63, 3.8) is 0 Å². The number of nitrogens with zero attached hydrogens (tertiary/aromatic N) is 1. The van der Waals surface area contributed by atoms with Crippen molar-refractivity contribution in [3.8, 4) is 11.3 Å². The number of pyridine rings is 1. The summed E-state index contributed by atoms with van der Waals surface area (Å²) < 4.78 is 15.4. The number of benzene rings is 2. The maximum atomic E-state index is 13.3. The van der Waals surface area contributed by atoms with E-state index in [9.17, 15) is 9.00 Å². The van der Waals surface area contributed by atoms with Crippen LogP contribution in [0.4, 0.5) is 0 Å². The molecule has 3 aromatic rings. The van der Waals surface area contributed by atoms with Crippen LogP contribution in [0.3, 0.4) is 0 Å². The average molecular weight is 495 g/mol. The summed E-state index contributed by atoms with van der Waals surface area (Å²) in [5.74, 6) is 0. The highest BCUT2D eigenvalue weighted by atomic mass is 127. The minimum atomic E-state index is -2.60. The van der Waals surface area contributed by atoms with E-state index in [1.807, 2.05) is 55.5 Å². The van der Waals surface area contributed by atoms with Crippen molar-refractivity contribution in [2.75, 3.05) is 26.2 Å². The van der Waals surface area contributed by atoms with E-state index in [4.69, 9.17) is 0 Å². The fraction of sp³-hybridized carbons (Fsp3) is 0.250. The largest absolute Gasteiger partial charge is 0.321 e. The molecule has 2 heterocycles. The number of hydrogen-bond donors (Lipinski definition) is 3. The van der Waals surface area contributed by atoms with Crippen molar-refractivity contribution in [2.45, 2.75) is 11.8 Å². The molecule has 0 unspecified atom stereocenters. The molecule has 5 nitrogen and oxygen atoms in total. The van der Waals surface area contributed by atoms with Crippen molar-refractivity contribution < 1.29 is 4.21 Å². The molecule has 0 aliphatic carbocycles. The van der Waals surface area contributed by atoms with E-state index in [1.165, 1.54) is 0 Å². The minimum Gasteiger partial charge on any atom is -0.321 e. The van der Waals surface area contributed by atoms with Gasteiger partial charge in [-0.05, 0) is 47.7 Å². The Hall–Kier alpha value is -1.55. The monoisotopic (exact) mass is 495 g/mol. The van der Waals surface area contributed by atoms with Gasteiger partial charge in [0.05, 0.1) is 0 Å². The summed E-state index contributed by atoms with van der Waals surface area (Å²) in [4.78, 5) is 16.3. The van der Waals surface area contributed by atoms with Crippen LogP contribution in [0.25, 0.3) is 22.0 Å². The molecule has 0 amide bonds. The van der Waals surface area contributed by atoms with Gasteiger partial charge in [0, 0.05) is 70.7 Å². The van der Waals surface area contributed by atoms with E-state index in [0.717, 1.165) is 53.3 Å². The number of hydrogen-bond acceptors (Lipinski definition) is 3. The first-order chi connectivity index (χ1) is 13.0. The molecule has 2 aromatic carbocycles. The van der Waals surface area contributed by atoms with Crippen LogP contribution in [-0.4, -0.2) is 39.7 Å². The van der Waals surface area contributed by atoms with Crippen LogP contribution in [0.1, 0.15) is 5.56 Å². The van der Waals surface area contributed by atoms with Gasteiger partial charge in [-0.25, -0.2) is 4.31 Å². The van der Waals surface area contributed by atoms with Crippen molar-refractivity contribution in [2.24, 2.45) is 0 Å². The summed E-state index contributed by atoms with van der Waals surface area (Å²) in [6.07, 6.45) is 0. The van der Waals surface area contributed by atoms with Gasteiger partial charge in [-0.15, -0.1) is 0 Å². The van der Waals surface area contributed by atoms with E-state index < -0.39 is 7.29 Å². The van der Waals surface area contributed by atoms with Gasteiger partial charge in [-0.1, -0.05) is 24.3 Å². The smallest absolute Gasteiger partial charge is 0.256 e. The predicted molar refractivity (Wildman–Crippen MR) is 121 cm³/mol. The molecule has 7 heteroatoms. The van der Waals surface area contributed by atoms with Gasteiger partial charge in [-0.3, -0.25) is 9.00 Å². The summed E-state index contributed by atoms with van der Waals surface area (Å²) in [5.41, 5.74) is 2.68. The molecule has 1 aromatic heterocycles. The molecule has 4 rings (SSSR count). The number of rotatable bonds is 3. The van der Waals surface area contributed by atoms with Crippen LogP contribution in [0.2, 0.25) is 0 Å². The van der Waals surface area contributed by atoms with Crippen molar-refractivity contribution in [1.29, 1.82) is 0 Å². The molecule has 0 atom stereocenters. The Labute approximate surface area is 171 Å². The quantitative estimate of drug-likeness (QED) is 0.298. The van der Waals surface area contributed by atoms with Gasteiger partial charge < -0.3 is 10.3 Å². The topological polar surface area (TPSA) is 65.2 Å². The molecule has 27 heavy (non-hydrogen) atoms. The number of aryl methyl sites for hydroxylation is 1. The highest BCUT2D eigenvalue weighted by Gasteiger charge is 2.24. The molecular formula is C20H22IN3O2S. The van der Waals surface area contributed by atoms with Gasteiger partial charge in [0.15, 0.2) is 0 Å². The number of nitrogens with one attached hydrogen (secondary N) is 2. The fourth-order valence-electron chi connectivity index (χ4n) is 3.49. The van der Waals surface area contributed by atoms with Crippen molar-refractivity contribution in [1.82, 2.24) is 14.6 Å². The second-order valence-electron chi connectivity index (χ2n) is 6.80. The van der Waals surface area contributed by atoms with Crippen LogP contribution >= 0.6 is 21.2 Å². The second-order valence-corrected chi connectivity index (χ2v) is 12.8. The Kier molecular flexibility index (Phi) is 5.19. The van der Waals surface area contributed by atoms with Crippen LogP contribution in [-0.2, 0) is 7.29 Å². The standard InChI is InChI=1S/C20H22IN3O2S/c1-14-3-2-4-17-18(14)13-19(23-20(17)25)15-5-7-16(8-6-15)27(21,26)24-11-9-22-10-12-24/h2-8,13,22,27H,9-12H2,1H3,(H,23,25). The first-order valence-corrected chi connectivity index (χ1v) is 13.4. The van der Waals surface area contributed by atoms with E-state index >= 15 is 0 Å². The lowest BCUT2D eigenvalue weighted by atomic mass is 10.0. The average Bonchev–Trinajstić information content (AvgIpc) is 2.69. The zero-order valence-electron chi connectivity index (χ0n) is 15.0. The van der Waals surface area contributed by atoms with Crippen LogP contribution in [0.5, 0.6) is 0 Å². The van der Waals surface area contributed by atoms with Gasteiger partial charge in [0.25, 0.3) is 5.56 Å². The Morgan fingerprint density at radius 3 is 2.44 bits per heavy atom. The first kappa shape index (κ1) is 18.8. The van der Waals surface area contributed by atoms with Crippen LogP contribution < -0.4 is 10.9 Å². The Morgan fingerprint density at radius 2 is 1.74 bits per heavy atom. The van der Waals surface area contributed by atoms with Crippen molar-refractivity contribution in [3.05, 3.63) is 64.4 Å². The van der Waals surface area contributed by atoms with Gasteiger partial charge in [-0.2, -0.15) is 0 Å². The predicted octanol–water partition coefficient (Wildman–Crippen LogP) is 3.05. The maximum absolute atomic E-state index is 13.3. The third kappa shape index (κ3) is 3.61. The van der Waals surface area contributed by atoms with Crippen LogP contribution in [0, 0.1) is 6.92 Å². The zero-order chi connectivity index (χ0) is 19.0. The van der Waals surface area contributed by atoms with Gasteiger partial charge in [0.2, 0.25) is 0 Å². The van der Waals surface area contributed by atoms with E-state index in [1.54, 1.807) is 0 Å². The number of fused-ring (bicyclic) bond motifs is 1. The molecule has 0 spiro atoms. The molecule has 0 radical (unpaired) electrons. The summed E-state index contributed by atoms with van der Waals surface area (Å²) >= 11 is 2.10. The lowest BCUT2D eigenvalue weighted by molar-refractivity contribution is 0.379. The summed E-state index contributed by atoms with van der Waals surface area (Å²) in [7, 11) is -2.60. The molecule has 0 bridgehead atoms. The Bertz CT molecular complexity index is 1090.